The molecule has 2 rings (SSSR count). The van der Waals surface area contributed by atoms with Crippen LogP contribution in [0, 0.1) is 27.7 Å². The minimum Gasteiger partial charge on any atom is -0.326 e. The van der Waals surface area contributed by atoms with E-state index in [9.17, 15) is 9.59 Å². The van der Waals surface area contributed by atoms with Gasteiger partial charge in [0.15, 0.2) is 0 Å². The molecule has 21 heavy (non-hydrogen) atoms. The van der Waals surface area contributed by atoms with Crippen LogP contribution in [0.2, 0.25) is 0 Å². The standard InChI is InChI=1S/C16H19N3O2/c1-9-6-5-7-14(10(9)2)19-15(20)8-13-11(3)17-12(4)18-16(13)21/h5-7H,8H2,1-4H3,(H,19,20)(H,17,18,21). The molecule has 0 saturated heterocycles. The molecule has 1 aromatic heterocycles. The number of nitrogens with one attached hydrogen (secondary N) is 2. The van der Waals surface area contributed by atoms with Crippen molar-refractivity contribution < 1.29 is 4.79 Å². The number of nitrogens with zero attached hydrogens (tertiary/aromatic N) is 1. The number of hydrogen-bond acceptors (Lipinski definition) is 3. The molecule has 1 amide bonds. The van der Waals surface area contributed by atoms with Crippen molar-refractivity contribution in [2.24, 2.45) is 0 Å². The predicted molar refractivity (Wildman–Crippen MR) is 82.6 cm³/mol. The van der Waals surface area contributed by atoms with Gasteiger partial charge in [-0.3, -0.25) is 9.59 Å². The topological polar surface area (TPSA) is 74.8 Å². The van der Waals surface area contributed by atoms with E-state index in [1.807, 2.05) is 32.0 Å². The number of amides is 1. The van der Waals surface area contributed by atoms with Crippen LogP contribution in [0.4, 0.5) is 5.69 Å². The average Bonchev–Trinajstić information content (AvgIpc) is 2.39. The third-order valence-corrected chi connectivity index (χ3v) is 3.56. The molecule has 0 atom stereocenters. The van der Waals surface area contributed by atoms with Gasteiger partial charge in [-0.05, 0) is 44.9 Å². The highest BCUT2D eigenvalue weighted by Gasteiger charge is 2.13. The van der Waals surface area contributed by atoms with Gasteiger partial charge < -0.3 is 10.3 Å². The van der Waals surface area contributed by atoms with Gasteiger partial charge in [0.25, 0.3) is 5.56 Å². The van der Waals surface area contributed by atoms with Gasteiger partial charge in [0.05, 0.1) is 6.42 Å². The van der Waals surface area contributed by atoms with Crippen LogP contribution in [0.15, 0.2) is 23.0 Å². The van der Waals surface area contributed by atoms with Crippen molar-refractivity contribution in [3.8, 4) is 0 Å². The lowest BCUT2D eigenvalue weighted by atomic mass is 10.1. The smallest absolute Gasteiger partial charge is 0.254 e. The second-order valence-electron chi connectivity index (χ2n) is 5.19. The summed E-state index contributed by atoms with van der Waals surface area (Å²) in [4.78, 5) is 30.9. The molecule has 1 heterocycles. The van der Waals surface area contributed by atoms with Crippen molar-refractivity contribution in [2.45, 2.75) is 34.1 Å². The Morgan fingerprint density at radius 1 is 1.24 bits per heavy atom. The number of benzene rings is 1. The fraction of sp³-hybridized carbons (Fsp3) is 0.312. The molecule has 0 aliphatic rings. The van der Waals surface area contributed by atoms with Crippen molar-refractivity contribution >= 4 is 11.6 Å². The minimum absolute atomic E-state index is 0.0157. The summed E-state index contributed by atoms with van der Waals surface area (Å²) < 4.78 is 0. The summed E-state index contributed by atoms with van der Waals surface area (Å²) in [7, 11) is 0. The summed E-state index contributed by atoms with van der Waals surface area (Å²) >= 11 is 0. The minimum atomic E-state index is -0.254. The normalized spacial score (nSPS) is 10.5. The second-order valence-corrected chi connectivity index (χ2v) is 5.19. The van der Waals surface area contributed by atoms with E-state index in [2.05, 4.69) is 15.3 Å². The van der Waals surface area contributed by atoms with Gasteiger partial charge in [-0.1, -0.05) is 12.1 Å². The van der Waals surface area contributed by atoms with Crippen LogP contribution in [0.5, 0.6) is 0 Å². The first-order valence-electron chi connectivity index (χ1n) is 6.81. The summed E-state index contributed by atoms with van der Waals surface area (Å²) in [5, 5.41) is 2.85. The van der Waals surface area contributed by atoms with Gasteiger partial charge in [0, 0.05) is 16.9 Å². The molecular weight excluding hydrogens is 266 g/mol. The zero-order chi connectivity index (χ0) is 15.6. The largest absolute Gasteiger partial charge is 0.326 e. The van der Waals surface area contributed by atoms with E-state index < -0.39 is 0 Å². The first kappa shape index (κ1) is 15.0. The summed E-state index contributed by atoms with van der Waals surface area (Å²) in [6.45, 7) is 7.40. The number of carbonyl (C=O) groups is 1. The highest BCUT2D eigenvalue weighted by atomic mass is 16.2. The highest BCUT2D eigenvalue weighted by molar-refractivity contribution is 5.93. The molecule has 2 aromatic rings. The number of aryl methyl sites for hydroxylation is 3. The average molecular weight is 285 g/mol. The Morgan fingerprint density at radius 3 is 2.62 bits per heavy atom. The summed E-state index contributed by atoms with van der Waals surface area (Å²) in [6.07, 6.45) is 0.0157. The molecule has 0 saturated carbocycles. The van der Waals surface area contributed by atoms with Gasteiger partial charge in [-0.15, -0.1) is 0 Å². The number of anilines is 1. The van der Waals surface area contributed by atoms with Gasteiger partial charge >= 0.3 is 0 Å². The molecule has 110 valence electrons. The Morgan fingerprint density at radius 2 is 1.95 bits per heavy atom. The molecule has 0 aliphatic carbocycles. The maximum absolute atomic E-state index is 12.1. The van der Waals surface area contributed by atoms with Crippen molar-refractivity contribution in [3.05, 3.63) is 56.8 Å². The molecule has 0 aliphatic heterocycles. The monoisotopic (exact) mass is 285 g/mol. The van der Waals surface area contributed by atoms with Crippen LogP contribution in [0.25, 0.3) is 0 Å². The molecular formula is C16H19N3O2. The summed E-state index contributed by atoms with van der Waals surface area (Å²) in [6, 6.07) is 5.73. The van der Waals surface area contributed by atoms with Gasteiger partial charge in [0.2, 0.25) is 5.91 Å². The van der Waals surface area contributed by atoms with E-state index in [1.165, 1.54) is 0 Å². The van der Waals surface area contributed by atoms with Crippen molar-refractivity contribution in [2.75, 3.05) is 5.32 Å². The van der Waals surface area contributed by atoms with E-state index in [0.717, 1.165) is 16.8 Å². The Kier molecular flexibility index (Phi) is 4.21. The fourth-order valence-electron chi connectivity index (χ4n) is 2.20. The Labute approximate surface area is 123 Å². The third kappa shape index (κ3) is 3.37. The van der Waals surface area contributed by atoms with Gasteiger partial charge in [-0.2, -0.15) is 0 Å². The lowest BCUT2D eigenvalue weighted by Gasteiger charge is -2.11. The molecule has 0 spiro atoms. The molecule has 0 unspecified atom stereocenters. The molecule has 1 aromatic carbocycles. The van der Waals surface area contributed by atoms with Crippen LogP contribution in [-0.2, 0) is 11.2 Å². The van der Waals surface area contributed by atoms with Crippen LogP contribution in [0.3, 0.4) is 0 Å². The number of H-pyrrole nitrogens is 1. The highest BCUT2D eigenvalue weighted by Crippen LogP contribution is 2.18. The zero-order valence-corrected chi connectivity index (χ0v) is 12.7. The second kappa shape index (κ2) is 5.91. The third-order valence-electron chi connectivity index (χ3n) is 3.56. The van der Waals surface area contributed by atoms with E-state index in [4.69, 9.17) is 0 Å². The molecule has 0 fully saturated rings. The zero-order valence-electron chi connectivity index (χ0n) is 12.7. The number of carbonyl (C=O) groups excluding carboxylic acids is 1. The molecule has 5 heteroatoms. The maximum atomic E-state index is 12.1. The van der Waals surface area contributed by atoms with E-state index in [0.29, 0.717) is 17.1 Å². The Bertz CT molecular complexity index is 748. The maximum Gasteiger partial charge on any atom is 0.254 e. The van der Waals surface area contributed by atoms with Crippen LogP contribution >= 0.6 is 0 Å². The van der Waals surface area contributed by atoms with Crippen LogP contribution in [-0.4, -0.2) is 15.9 Å². The van der Waals surface area contributed by atoms with Crippen molar-refractivity contribution in [1.29, 1.82) is 0 Å². The molecule has 0 radical (unpaired) electrons. The molecule has 2 N–H and O–H groups in total. The first-order valence-corrected chi connectivity index (χ1v) is 6.81. The van der Waals surface area contributed by atoms with Crippen LogP contribution < -0.4 is 10.9 Å². The van der Waals surface area contributed by atoms with Crippen molar-refractivity contribution in [3.63, 3.8) is 0 Å². The lowest BCUT2D eigenvalue weighted by Crippen LogP contribution is -2.24. The molecule has 0 bridgehead atoms. The van der Waals surface area contributed by atoms with Crippen molar-refractivity contribution in [1.82, 2.24) is 9.97 Å². The number of aromatic nitrogens is 2. The molecule has 5 nitrogen and oxygen atoms in total. The van der Waals surface area contributed by atoms with E-state index >= 15 is 0 Å². The fourth-order valence-corrected chi connectivity index (χ4v) is 2.20. The van der Waals surface area contributed by atoms with Gasteiger partial charge in [0.1, 0.15) is 5.82 Å². The number of rotatable bonds is 3. The number of hydrogen-bond donors (Lipinski definition) is 2. The quantitative estimate of drug-likeness (QED) is 0.907. The first-order chi connectivity index (χ1) is 9.88. The van der Waals surface area contributed by atoms with E-state index in [1.54, 1.807) is 13.8 Å². The lowest BCUT2D eigenvalue weighted by molar-refractivity contribution is -0.115. The van der Waals surface area contributed by atoms with E-state index in [-0.39, 0.29) is 17.9 Å². The summed E-state index contributed by atoms with van der Waals surface area (Å²) in [5.41, 5.74) is 3.65. The number of aromatic amines is 1. The predicted octanol–water partition coefficient (Wildman–Crippen LogP) is 2.18. The summed E-state index contributed by atoms with van der Waals surface area (Å²) in [5.74, 6) is 0.333. The Hall–Kier alpha value is -2.43. The van der Waals surface area contributed by atoms with Crippen LogP contribution in [0.1, 0.15) is 28.2 Å². The van der Waals surface area contributed by atoms with Gasteiger partial charge in [-0.25, -0.2) is 4.98 Å². The Balaban J connectivity index is 2.20. The SMILES string of the molecule is Cc1nc(C)c(CC(=O)Nc2cccc(C)c2C)c(=O)[nH]1.